The Balaban J connectivity index is 0.00000353. The Bertz CT molecular complexity index is 1480. The van der Waals surface area contributed by atoms with Crippen molar-refractivity contribution in [1.29, 1.82) is 0 Å². The highest BCUT2D eigenvalue weighted by atomic mass is 79.9. The van der Waals surface area contributed by atoms with E-state index in [9.17, 15) is 14.4 Å². The third-order valence-corrected chi connectivity index (χ3v) is 6.81. The standard InChI is InChI=1S/C31H30N3O4.BrH/c1-32-21-18-23(25-11-2-4-13-27(25)32)9-8-10-24-19-22-33(28-14-5-3-12-26(24)28)20-7-6-15-31(37)38-34-29(35)16-17-30(34)36;/h2-5,8-14,18-19,21-22H,6-7,15-17,20H2,1H3;1H/q+1;/p-1. The van der Waals surface area contributed by atoms with Crippen molar-refractivity contribution in [1.82, 2.24) is 5.06 Å². The second kappa shape index (κ2) is 12.7. The summed E-state index contributed by atoms with van der Waals surface area (Å²) in [6.07, 6.45) is 14.3. The summed E-state index contributed by atoms with van der Waals surface area (Å²) in [6.45, 7) is 0.735. The monoisotopic (exact) mass is 587 g/mol. The van der Waals surface area contributed by atoms with Gasteiger partial charge in [-0.3, -0.25) is 9.59 Å². The molecule has 0 N–H and O–H groups in total. The minimum atomic E-state index is -0.555. The average Bonchev–Trinajstić information content (AvgIpc) is 3.25. The van der Waals surface area contributed by atoms with Gasteiger partial charge in [0.15, 0.2) is 6.20 Å². The number of aryl methyl sites for hydroxylation is 1. The van der Waals surface area contributed by atoms with E-state index in [-0.39, 0.29) is 36.2 Å². The van der Waals surface area contributed by atoms with Gasteiger partial charge < -0.3 is 26.7 Å². The summed E-state index contributed by atoms with van der Waals surface area (Å²) in [5.74, 6) is -1.47. The molecule has 0 saturated carbocycles. The number of halogens is 1. The smallest absolute Gasteiger partial charge is 0.333 e. The summed E-state index contributed by atoms with van der Waals surface area (Å²) in [7, 11) is 2.05. The molecule has 2 aliphatic rings. The fourth-order valence-corrected chi connectivity index (χ4v) is 4.79. The summed E-state index contributed by atoms with van der Waals surface area (Å²) < 4.78 is 2.12. The molecule has 1 aromatic heterocycles. The van der Waals surface area contributed by atoms with Gasteiger partial charge in [0.25, 0.3) is 11.8 Å². The van der Waals surface area contributed by atoms with Gasteiger partial charge in [-0.2, -0.15) is 0 Å². The van der Waals surface area contributed by atoms with Crippen LogP contribution in [0.4, 0.5) is 5.69 Å². The first kappa shape index (κ1) is 28.0. The van der Waals surface area contributed by atoms with Crippen LogP contribution in [0.15, 0.2) is 85.2 Å². The van der Waals surface area contributed by atoms with Gasteiger partial charge in [0.05, 0.1) is 5.39 Å². The third kappa shape index (κ3) is 6.34. The minimum absolute atomic E-state index is 0. The largest absolute Gasteiger partial charge is 1.00 e. The molecule has 0 unspecified atom stereocenters. The van der Waals surface area contributed by atoms with Crippen molar-refractivity contribution < 1.29 is 40.8 Å². The average molecular weight is 589 g/mol. The Morgan fingerprint density at radius 3 is 2.56 bits per heavy atom. The van der Waals surface area contributed by atoms with Crippen molar-refractivity contribution in [2.75, 3.05) is 11.4 Å². The van der Waals surface area contributed by atoms with Crippen molar-refractivity contribution in [3.05, 3.63) is 96.3 Å². The number of allylic oxidation sites excluding steroid dienone is 4. The van der Waals surface area contributed by atoms with Crippen LogP contribution < -0.4 is 26.4 Å². The molecule has 0 aliphatic carbocycles. The van der Waals surface area contributed by atoms with Crippen molar-refractivity contribution in [3.63, 3.8) is 0 Å². The fourth-order valence-electron chi connectivity index (χ4n) is 4.79. The number of hydrogen-bond donors (Lipinski definition) is 0. The van der Waals surface area contributed by atoms with Crippen LogP contribution in [-0.4, -0.2) is 29.4 Å². The summed E-state index contributed by atoms with van der Waals surface area (Å²) in [5, 5.41) is 1.81. The number of imide groups is 1. The molecular weight excluding hydrogens is 558 g/mol. The van der Waals surface area contributed by atoms with Gasteiger partial charge in [0, 0.05) is 55.4 Å². The lowest BCUT2D eigenvalue weighted by molar-refractivity contribution is -0.644. The zero-order chi connectivity index (χ0) is 26.5. The molecule has 1 saturated heterocycles. The molecule has 7 nitrogen and oxygen atoms in total. The number of unbranched alkanes of at least 4 members (excludes halogenated alkanes) is 1. The van der Waals surface area contributed by atoms with Crippen LogP contribution >= 0.6 is 0 Å². The van der Waals surface area contributed by atoms with Crippen LogP contribution in [0.3, 0.4) is 0 Å². The number of anilines is 1. The molecule has 0 radical (unpaired) electrons. The molecule has 2 aromatic carbocycles. The minimum Gasteiger partial charge on any atom is -1.00 e. The predicted octanol–water partition coefficient (Wildman–Crippen LogP) is 1.88. The maximum Gasteiger partial charge on any atom is 0.333 e. The lowest BCUT2D eigenvalue weighted by Gasteiger charge is -2.27. The van der Waals surface area contributed by atoms with E-state index in [1.54, 1.807) is 0 Å². The van der Waals surface area contributed by atoms with Crippen molar-refractivity contribution in [3.8, 4) is 0 Å². The fraction of sp³-hybridized carbons (Fsp3) is 0.226. The highest BCUT2D eigenvalue weighted by Crippen LogP contribution is 2.33. The number of rotatable bonds is 8. The molecule has 8 heteroatoms. The van der Waals surface area contributed by atoms with Crippen LogP contribution in [0.5, 0.6) is 0 Å². The molecule has 2 amide bonds. The molecule has 0 bridgehead atoms. The molecular formula is C31H30BrN3O4. The van der Waals surface area contributed by atoms with Crippen molar-refractivity contribution >= 4 is 46.0 Å². The van der Waals surface area contributed by atoms with Gasteiger partial charge in [-0.05, 0) is 42.2 Å². The topological polar surface area (TPSA) is 70.8 Å². The van der Waals surface area contributed by atoms with E-state index >= 15 is 0 Å². The van der Waals surface area contributed by atoms with Crippen molar-refractivity contribution in [2.24, 2.45) is 7.05 Å². The van der Waals surface area contributed by atoms with Gasteiger partial charge >= 0.3 is 5.97 Å². The Hall–Kier alpha value is -4.04. The number of carbonyl (C=O) groups is 3. The molecule has 3 heterocycles. The van der Waals surface area contributed by atoms with E-state index in [0.29, 0.717) is 11.5 Å². The molecule has 39 heavy (non-hydrogen) atoms. The number of hydroxylamine groups is 2. The van der Waals surface area contributed by atoms with Gasteiger partial charge in [-0.15, -0.1) is 5.06 Å². The quantitative estimate of drug-likeness (QED) is 0.229. The first-order chi connectivity index (χ1) is 18.5. The molecule has 1 fully saturated rings. The summed E-state index contributed by atoms with van der Waals surface area (Å²) in [5.41, 5.74) is 5.74. The number of amides is 2. The number of benzene rings is 2. The Kier molecular flexibility index (Phi) is 9.09. The Labute approximate surface area is 238 Å². The van der Waals surface area contributed by atoms with Gasteiger partial charge in [-0.25, -0.2) is 9.36 Å². The molecule has 200 valence electrons. The van der Waals surface area contributed by atoms with Crippen LogP contribution in [-0.2, 0) is 26.3 Å². The zero-order valence-corrected chi connectivity index (χ0v) is 23.3. The number of hydrogen-bond acceptors (Lipinski definition) is 5. The maximum atomic E-state index is 12.1. The van der Waals surface area contributed by atoms with Crippen LogP contribution in [0.2, 0.25) is 0 Å². The van der Waals surface area contributed by atoms with Crippen molar-refractivity contribution in [2.45, 2.75) is 32.1 Å². The SMILES string of the molecule is C[n+]1ccc(/C=C/C=C2\C=CN(CCCCC(=O)ON3C(=O)CCC3=O)c3ccccc32)c2ccccc21.[Br-]. The number of aromatic nitrogens is 1. The zero-order valence-electron chi connectivity index (χ0n) is 21.8. The summed E-state index contributed by atoms with van der Waals surface area (Å²) in [6, 6.07) is 18.8. The number of fused-ring (bicyclic) bond motifs is 2. The van der Waals surface area contributed by atoms with Gasteiger partial charge in [-0.1, -0.05) is 48.6 Å². The normalized spacial score (nSPS) is 15.8. The maximum absolute atomic E-state index is 12.1. The van der Waals surface area contributed by atoms with E-state index < -0.39 is 17.8 Å². The van der Waals surface area contributed by atoms with Crippen LogP contribution in [0.1, 0.15) is 43.2 Å². The predicted molar refractivity (Wildman–Crippen MR) is 146 cm³/mol. The number of pyridine rings is 1. The number of nitrogens with zero attached hydrogens (tertiary/aromatic N) is 3. The molecule has 3 aromatic rings. The van der Waals surface area contributed by atoms with E-state index in [4.69, 9.17) is 4.84 Å². The van der Waals surface area contributed by atoms with E-state index in [1.807, 2.05) is 12.1 Å². The highest BCUT2D eigenvalue weighted by Gasteiger charge is 2.32. The Morgan fingerprint density at radius 1 is 1.00 bits per heavy atom. The van der Waals surface area contributed by atoms with E-state index in [0.717, 1.165) is 29.8 Å². The van der Waals surface area contributed by atoms with Gasteiger partial charge in [0.1, 0.15) is 7.05 Å². The molecule has 2 aliphatic heterocycles. The molecule has 0 spiro atoms. The lowest BCUT2D eigenvalue weighted by Crippen LogP contribution is -3.00. The number of carbonyl (C=O) groups excluding carboxylic acids is 3. The van der Waals surface area contributed by atoms with Gasteiger partial charge in [0.2, 0.25) is 5.52 Å². The number of para-hydroxylation sites is 2. The lowest BCUT2D eigenvalue weighted by atomic mass is 9.99. The van der Waals surface area contributed by atoms with Crippen LogP contribution in [0, 0.1) is 0 Å². The summed E-state index contributed by atoms with van der Waals surface area (Å²) in [4.78, 5) is 42.4. The summed E-state index contributed by atoms with van der Waals surface area (Å²) >= 11 is 0. The first-order valence-corrected chi connectivity index (χ1v) is 12.9. The van der Waals surface area contributed by atoms with E-state index in [2.05, 4.69) is 95.7 Å². The van der Waals surface area contributed by atoms with Crippen LogP contribution in [0.25, 0.3) is 22.6 Å². The second-order valence-corrected chi connectivity index (χ2v) is 9.41. The first-order valence-electron chi connectivity index (χ1n) is 12.9. The molecule has 0 atom stereocenters. The Morgan fingerprint density at radius 2 is 1.74 bits per heavy atom. The third-order valence-electron chi connectivity index (χ3n) is 6.81. The van der Waals surface area contributed by atoms with E-state index in [1.165, 1.54) is 16.5 Å². The molecule has 5 rings (SSSR count). The highest BCUT2D eigenvalue weighted by molar-refractivity contribution is 6.01. The second-order valence-electron chi connectivity index (χ2n) is 9.41.